The standard InChI is InChI=1S/C14H20N2O2S2/c1-11-6-7-14(13(9-11)5-4-8-15)20(17,18)16-12(2)10-19-3/h6-7,9,12,16H,8,10,15H2,1-3H3. The molecule has 0 aliphatic rings. The normalized spacial score (nSPS) is 12.6. The minimum absolute atomic E-state index is 0.133. The summed E-state index contributed by atoms with van der Waals surface area (Å²) in [4.78, 5) is 0.206. The van der Waals surface area contributed by atoms with Gasteiger partial charge in [0.15, 0.2) is 0 Å². The fourth-order valence-electron chi connectivity index (χ4n) is 1.73. The first-order valence-corrected chi connectivity index (χ1v) is 9.09. The minimum atomic E-state index is -3.57. The third-order valence-corrected chi connectivity index (χ3v) is 5.00. The largest absolute Gasteiger partial charge is 0.320 e. The molecule has 0 spiro atoms. The second-order valence-corrected chi connectivity index (χ2v) is 7.08. The molecule has 3 N–H and O–H groups in total. The van der Waals surface area contributed by atoms with E-state index in [1.165, 1.54) is 0 Å². The summed E-state index contributed by atoms with van der Waals surface area (Å²) in [5.41, 5.74) is 6.80. The van der Waals surface area contributed by atoms with Gasteiger partial charge in [0.25, 0.3) is 0 Å². The van der Waals surface area contributed by atoms with Crippen LogP contribution in [0.3, 0.4) is 0 Å². The van der Waals surface area contributed by atoms with Crippen molar-refractivity contribution in [1.29, 1.82) is 0 Å². The smallest absolute Gasteiger partial charge is 0.242 e. The number of nitrogens with two attached hydrogens (primary N) is 1. The molecule has 6 heteroatoms. The van der Waals surface area contributed by atoms with Crippen LogP contribution in [0.15, 0.2) is 23.1 Å². The molecule has 1 aromatic rings. The zero-order chi connectivity index (χ0) is 15.2. The monoisotopic (exact) mass is 312 g/mol. The molecular weight excluding hydrogens is 292 g/mol. The number of rotatable bonds is 5. The zero-order valence-electron chi connectivity index (χ0n) is 11.9. The summed E-state index contributed by atoms with van der Waals surface area (Å²) < 4.78 is 27.4. The Bertz CT molecular complexity index is 616. The summed E-state index contributed by atoms with van der Waals surface area (Å²) >= 11 is 1.59. The first kappa shape index (κ1) is 17.1. The highest BCUT2D eigenvalue weighted by molar-refractivity contribution is 7.98. The van der Waals surface area contributed by atoms with Gasteiger partial charge in [-0.05, 0) is 37.8 Å². The van der Waals surface area contributed by atoms with E-state index in [4.69, 9.17) is 5.73 Å². The second kappa shape index (κ2) is 7.70. The molecular formula is C14H20N2O2S2. The maximum absolute atomic E-state index is 12.4. The average molecular weight is 312 g/mol. The predicted molar refractivity (Wildman–Crippen MR) is 85.3 cm³/mol. The molecule has 0 fully saturated rings. The zero-order valence-corrected chi connectivity index (χ0v) is 13.6. The van der Waals surface area contributed by atoms with Gasteiger partial charge in [-0.1, -0.05) is 17.9 Å². The molecule has 110 valence electrons. The number of thioether (sulfide) groups is 1. The highest BCUT2D eigenvalue weighted by atomic mass is 32.2. The Balaban J connectivity index is 3.17. The minimum Gasteiger partial charge on any atom is -0.320 e. The van der Waals surface area contributed by atoms with Crippen LogP contribution in [0, 0.1) is 18.8 Å². The van der Waals surface area contributed by atoms with Crippen LogP contribution in [-0.2, 0) is 10.0 Å². The maximum Gasteiger partial charge on any atom is 0.242 e. The summed E-state index contributed by atoms with van der Waals surface area (Å²) in [6.07, 6.45) is 1.94. The van der Waals surface area contributed by atoms with Gasteiger partial charge < -0.3 is 5.73 Å². The van der Waals surface area contributed by atoms with Crippen molar-refractivity contribution >= 4 is 21.8 Å². The molecule has 0 aliphatic heterocycles. The van der Waals surface area contributed by atoms with E-state index >= 15 is 0 Å². The summed E-state index contributed by atoms with van der Waals surface area (Å²) in [6, 6.07) is 4.98. The van der Waals surface area contributed by atoms with Crippen molar-refractivity contribution in [3.63, 3.8) is 0 Å². The molecule has 4 nitrogen and oxygen atoms in total. The number of aryl methyl sites for hydroxylation is 1. The summed E-state index contributed by atoms with van der Waals surface area (Å²) in [5.74, 6) is 6.25. The van der Waals surface area contributed by atoms with Gasteiger partial charge in [-0.2, -0.15) is 11.8 Å². The number of nitrogens with one attached hydrogen (secondary N) is 1. The van der Waals surface area contributed by atoms with Crippen LogP contribution in [0.4, 0.5) is 0 Å². The third kappa shape index (κ3) is 4.84. The Morgan fingerprint density at radius 1 is 1.45 bits per heavy atom. The molecule has 1 aromatic carbocycles. The molecule has 20 heavy (non-hydrogen) atoms. The van der Waals surface area contributed by atoms with Crippen molar-refractivity contribution in [2.45, 2.75) is 24.8 Å². The van der Waals surface area contributed by atoms with Crippen molar-refractivity contribution < 1.29 is 8.42 Å². The van der Waals surface area contributed by atoms with Crippen molar-refractivity contribution in [2.24, 2.45) is 5.73 Å². The van der Waals surface area contributed by atoms with Gasteiger partial charge in [0.2, 0.25) is 10.0 Å². The molecule has 0 radical (unpaired) electrons. The first-order chi connectivity index (χ1) is 9.40. The van der Waals surface area contributed by atoms with E-state index in [9.17, 15) is 8.42 Å². The maximum atomic E-state index is 12.4. The quantitative estimate of drug-likeness (QED) is 0.805. The van der Waals surface area contributed by atoms with E-state index < -0.39 is 10.0 Å². The lowest BCUT2D eigenvalue weighted by Gasteiger charge is -2.14. The number of benzene rings is 1. The molecule has 0 aromatic heterocycles. The van der Waals surface area contributed by atoms with E-state index in [1.54, 1.807) is 30.0 Å². The lowest BCUT2D eigenvalue weighted by Crippen LogP contribution is -2.34. The lowest BCUT2D eigenvalue weighted by atomic mass is 10.1. The van der Waals surface area contributed by atoms with Crippen molar-refractivity contribution in [3.8, 4) is 11.8 Å². The Morgan fingerprint density at radius 3 is 2.75 bits per heavy atom. The van der Waals surface area contributed by atoms with Crippen LogP contribution < -0.4 is 10.5 Å². The van der Waals surface area contributed by atoms with Crippen LogP contribution in [0.25, 0.3) is 0 Å². The summed E-state index contributed by atoms with van der Waals surface area (Å²) in [6.45, 7) is 3.94. The highest BCUT2D eigenvalue weighted by Crippen LogP contribution is 2.17. The SMILES string of the molecule is CSCC(C)NS(=O)(=O)c1ccc(C)cc1C#CCN. The number of hydrogen-bond acceptors (Lipinski definition) is 4. The fraction of sp³-hybridized carbons (Fsp3) is 0.429. The Kier molecular flexibility index (Phi) is 6.56. The molecule has 0 aliphatic carbocycles. The van der Waals surface area contributed by atoms with Gasteiger partial charge in [-0.25, -0.2) is 13.1 Å². The van der Waals surface area contributed by atoms with Crippen molar-refractivity contribution in [1.82, 2.24) is 4.72 Å². The van der Waals surface area contributed by atoms with E-state index in [2.05, 4.69) is 16.6 Å². The fourth-order valence-corrected chi connectivity index (χ4v) is 3.81. The summed E-state index contributed by atoms with van der Waals surface area (Å²) in [5, 5.41) is 0. The van der Waals surface area contributed by atoms with Gasteiger partial charge in [0, 0.05) is 17.4 Å². The molecule has 0 saturated heterocycles. The Labute approximate surface area is 125 Å². The van der Waals surface area contributed by atoms with Crippen LogP contribution in [-0.4, -0.2) is 33.0 Å². The Morgan fingerprint density at radius 2 is 2.15 bits per heavy atom. The molecule has 1 unspecified atom stereocenters. The second-order valence-electron chi connectivity index (χ2n) is 4.48. The van der Waals surface area contributed by atoms with Crippen molar-refractivity contribution in [2.75, 3.05) is 18.6 Å². The van der Waals surface area contributed by atoms with Crippen LogP contribution in [0.5, 0.6) is 0 Å². The van der Waals surface area contributed by atoms with E-state index in [1.807, 2.05) is 20.1 Å². The summed E-state index contributed by atoms with van der Waals surface area (Å²) in [7, 11) is -3.57. The van der Waals surface area contributed by atoms with Crippen LogP contribution >= 0.6 is 11.8 Å². The van der Waals surface area contributed by atoms with Gasteiger partial charge in [-0.3, -0.25) is 0 Å². The number of sulfonamides is 1. The molecule has 1 atom stereocenters. The van der Waals surface area contributed by atoms with Gasteiger partial charge in [-0.15, -0.1) is 0 Å². The van der Waals surface area contributed by atoms with Crippen LogP contribution in [0.2, 0.25) is 0 Å². The Hall–Kier alpha value is -1.00. The average Bonchev–Trinajstić information content (AvgIpc) is 2.35. The van der Waals surface area contributed by atoms with Gasteiger partial charge in [0.05, 0.1) is 11.4 Å². The topological polar surface area (TPSA) is 72.2 Å². The predicted octanol–water partition coefficient (Wildman–Crippen LogP) is 1.34. The molecule has 0 heterocycles. The van der Waals surface area contributed by atoms with Gasteiger partial charge >= 0.3 is 0 Å². The first-order valence-electron chi connectivity index (χ1n) is 6.21. The molecule has 0 bridgehead atoms. The van der Waals surface area contributed by atoms with Crippen LogP contribution in [0.1, 0.15) is 18.1 Å². The molecule has 1 rings (SSSR count). The van der Waals surface area contributed by atoms with Gasteiger partial charge in [0.1, 0.15) is 0 Å². The van der Waals surface area contributed by atoms with E-state index in [0.29, 0.717) is 5.56 Å². The molecule has 0 amide bonds. The highest BCUT2D eigenvalue weighted by Gasteiger charge is 2.20. The van der Waals surface area contributed by atoms with Crippen molar-refractivity contribution in [3.05, 3.63) is 29.3 Å². The molecule has 0 saturated carbocycles. The van der Waals surface area contributed by atoms with E-state index in [-0.39, 0.29) is 17.5 Å². The third-order valence-electron chi connectivity index (χ3n) is 2.52. The number of hydrogen-bond donors (Lipinski definition) is 2. The van der Waals surface area contributed by atoms with E-state index in [0.717, 1.165) is 11.3 Å². The lowest BCUT2D eigenvalue weighted by molar-refractivity contribution is 0.571.